The summed E-state index contributed by atoms with van der Waals surface area (Å²) in [5, 5.41) is 3.30. The fourth-order valence-electron chi connectivity index (χ4n) is 1.82. The molecule has 0 bridgehead atoms. The molecule has 0 atom stereocenters. The predicted molar refractivity (Wildman–Crippen MR) is 72.5 cm³/mol. The van der Waals surface area contributed by atoms with E-state index >= 15 is 0 Å². The zero-order chi connectivity index (χ0) is 11.4. The molecule has 1 amide bonds. The van der Waals surface area contributed by atoms with Crippen molar-refractivity contribution < 1.29 is 4.79 Å². The number of carbonyl (C=O) groups excluding carboxylic acids is 1. The fourth-order valence-corrected chi connectivity index (χ4v) is 2.18. The third kappa shape index (κ3) is 2.95. The van der Waals surface area contributed by atoms with Crippen LogP contribution >= 0.6 is 22.6 Å². The minimum absolute atomic E-state index is 0.153. The quantitative estimate of drug-likeness (QED) is 0.796. The number of hydrogen-bond acceptors (Lipinski definition) is 2. The van der Waals surface area contributed by atoms with Crippen LogP contribution in [0.3, 0.4) is 0 Å². The number of halogens is 1. The maximum atomic E-state index is 12.2. The number of rotatable bonds is 1. The molecule has 86 valence electrons. The van der Waals surface area contributed by atoms with E-state index in [2.05, 4.69) is 27.9 Å². The van der Waals surface area contributed by atoms with Crippen LogP contribution in [0, 0.1) is 3.57 Å². The van der Waals surface area contributed by atoms with Crippen molar-refractivity contribution in [3.05, 3.63) is 33.4 Å². The van der Waals surface area contributed by atoms with Gasteiger partial charge >= 0.3 is 0 Å². The topological polar surface area (TPSA) is 32.3 Å². The summed E-state index contributed by atoms with van der Waals surface area (Å²) in [4.78, 5) is 14.1. The van der Waals surface area contributed by atoms with Gasteiger partial charge < -0.3 is 10.2 Å². The number of nitrogens with one attached hydrogen (secondary N) is 1. The van der Waals surface area contributed by atoms with Crippen LogP contribution < -0.4 is 5.32 Å². The Morgan fingerprint density at radius 2 is 1.94 bits per heavy atom. The molecule has 1 aromatic carbocycles. The van der Waals surface area contributed by atoms with Crippen LogP contribution in [-0.4, -0.2) is 37.0 Å². The van der Waals surface area contributed by atoms with Crippen LogP contribution in [-0.2, 0) is 0 Å². The molecule has 3 nitrogen and oxygen atoms in total. The number of amides is 1. The molecule has 0 radical (unpaired) electrons. The Labute approximate surface area is 109 Å². The van der Waals surface area contributed by atoms with Gasteiger partial charge in [-0.25, -0.2) is 0 Å². The van der Waals surface area contributed by atoms with Gasteiger partial charge in [-0.2, -0.15) is 0 Å². The van der Waals surface area contributed by atoms with Crippen LogP contribution in [0.5, 0.6) is 0 Å². The van der Waals surface area contributed by atoms with Crippen molar-refractivity contribution in [3.8, 4) is 0 Å². The normalized spacial score (nSPS) is 16.9. The Morgan fingerprint density at radius 1 is 1.19 bits per heavy atom. The zero-order valence-electron chi connectivity index (χ0n) is 9.08. The van der Waals surface area contributed by atoms with Gasteiger partial charge in [0.15, 0.2) is 0 Å². The van der Waals surface area contributed by atoms with E-state index in [4.69, 9.17) is 0 Å². The lowest BCUT2D eigenvalue weighted by molar-refractivity contribution is 0.0766. The van der Waals surface area contributed by atoms with Crippen LogP contribution in [0.15, 0.2) is 24.3 Å². The van der Waals surface area contributed by atoms with Crippen molar-refractivity contribution in [1.82, 2.24) is 10.2 Å². The average Bonchev–Trinajstić information content (AvgIpc) is 2.57. The van der Waals surface area contributed by atoms with Crippen molar-refractivity contribution in [2.75, 3.05) is 26.2 Å². The second-order valence-electron chi connectivity index (χ2n) is 3.90. The van der Waals surface area contributed by atoms with Crippen LogP contribution in [0.1, 0.15) is 16.8 Å². The zero-order valence-corrected chi connectivity index (χ0v) is 11.2. The van der Waals surface area contributed by atoms with E-state index in [1.165, 1.54) is 0 Å². The van der Waals surface area contributed by atoms with Crippen molar-refractivity contribution in [1.29, 1.82) is 0 Å². The molecule has 4 heteroatoms. The third-order valence-corrected chi connectivity index (χ3v) is 3.44. The molecule has 0 aliphatic carbocycles. The second kappa shape index (κ2) is 5.63. The summed E-state index contributed by atoms with van der Waals surface area (Å²) < 4.78 is 1.16. The number of nitrogens with zero attached hydrogens (tertiary/aromatic N) is 1. The van der Waals surface area contributed by atoms with E-state index in [1.807, 2.05) is 29.2 Å². The van der Waals surface area contributed by atoms with Gasteiger partial charge in [-0.05, 0) is 59.8 Å². The highest BCUT2D eigenvalue weighted by Gasteiger charge is 2.16. The minimum atomic E-state index is 0.153. The van der Waals surface area contributed by atoms with Gasteiger partial charge in [0.25, 0.3) is 5.91 Å². The molecule has 16 heavy (non-hydrogen) atoms. The molecular weight excluding hydrogens is 315 g/mol. The SMILES string of the molecule is O=C(c1ccc(I)cc1)N1CCCNCC1. The van der Waals surface area contributed by atoms with Crippen molar-refractivity contribution in [2.24, 2.45) is 0 Å². The molecule has 0 unspecified atom stereocenters. The standard InChI is InChI=1S/C12H15IN2O/c13-11-4-2-10(3-5-11)12(16)15-8-1-6-14-7-9-15/h2-5,14H,1,6-9H2. The molecule has 1 aromatic rings. The first-order valence-corrected chi connectivity index (χ1v) is 6.61. The summed E-state index contributed by atoms with van der Waals surface area (Å²) in [6.07, 6.45) is 1.04. The lowest BCUT2D eigenvalue weighted by Gasteiger charge is -2.19. The molecule has 1 heterocycles. The summed E-state index contributed by atoms with van der Waals surface area (Å²) in [5.41, 5.74) is 0.794. The van der Waals surface area contributed by atoms with Gasteiger partial charge in [0.1, 0.15) is 0 Å². The molecule has 1 aliphatic heterocycles. The molecule has 1 saturated heterocycles. The Bertz CT molecular complexity index is 356. The van der Waals surface area contributed by atoms with E-state index in [9.17, 15) is 4.79 Å². The lowest BCUT2D eigenvalue weighted by atomic mass is 10.2. The van der Waals surface area contributed by atoms with Gasteiger partial charge in [-0.3, -0.25) is 4.79 Å². The second-order valence-corrected chi connectivity index (χ2v) is 5.15. The van der Waals surface area contributed by atoms with Gasteiger partial charge in [-0.15, -0.1) is 0 Å². The molecule has 2 rings (SSSR count). The Hall–Kier alpha value is -0.620. The van der Waals surface area contributed by atoms with Crippen molar-refractivity contribution in [3.63, 3.8) is 0 Å². The smallest absolute Gasteiger partial charge is 0.253 e. The molecule has 0 saturated carbocycles. The van der Waals surface area contributed by atoms with E-state index in [1.54, 1.807) is 0 Å². The maximum absolute atomic E-state index is 12.2. The first-order chi connectivity index (χ1) is 7.77. The van der Waals surface area contributed by atoms with Crippen molar-refractivity contribution in [2.45, 2.75) is 6.42 Å². The minimum Gasteiger partial charge on any atom is -0.337 e. The van der Waals surface area contributed by atoms with Gasteiger partial charge in [0.05, 0.1) is 0 Å². The maximum Gasteiger partial charge on any atom is 0.253 e. The Balaban J connectivity index is 2.08. The summed E-state index contributed by atoms with van der Waals surface area (Å²) in [5.74, 6) is 0.153. The fraction of sp³-hybridized carbons (Fsp3) is 0.417. The Kier molecular flexibility index (Phi) is 4.17. The summed E-state index contributed by atoms with van der Waals surface area (Å²) in [6, 6.07) is 7.76. The average molecular weight is 330 g/mol. The van der Waals surface area contributed by atoms with Crippen LogP contribution in [0.4, 0.5) is 0 Å². The molecule has 0 spiro atoms. The van der Waals surface area contributed by atoms with Gasteiger partial charge in [0, 0.05) is 28.8 Å². The molecule has 1 fully saturated rings. The molecule has 1 N–H and O–H groups in total. The molecule has 0 aromatic heterocycles. The van der Waals surface area contributed by atoms with E-state index in [0.29, 0.717) is 0 Å². The number of benzene rings is 1. The van der Waals surface area contributed by atoms with Crippen LogP contribution in [0.25, 0.3) is 0 Å². The third-order valence-electron chi connectivity index (χ3n) is 2.72. The first kappa shape index (κ1) is 11.9. The highest BCUT2D eigenvalue weighted by molar-refractivity contribution is 14.1. The van der Waals surface area contributed by atoms with Crippen LogP contribution in [0.2, 0.25) is 0 Å². The predicted octanol–water partition coefficient (Wildman–Crippen LogP) is 1.73. The summed E-state index contributed by atoms with van der Waals surface area (Å²) in [6.45, 7) is 3.58. The molecular formula is C12H15IN2O. The monoisotopic (exact) mass is 330 g/mol. The Morgan fingerprint density at radius 3 is 2.69 bits per heavy atom. The van der Waals surface area contributed by atoms with E-state index in [-0.39, 0.29) is 5.91 Å². The largest absolute Gasteiger partial charge is 0.337 e. The van der Waals surface area contributed by atoms with Gasteiger partial charge in [0.2, 0.25) is 0 Å². The summed E-state index contributed by atoms with van der Waals surface area (Å²) in [7, 11) is 0. The van der Waals surface area contributed by atoms with E-state index < -0.39 is 0 Å². The van der Waals surface area contributed by atoms with Gasteiger partial charge in [-0.1, -0.05) is 0 Å². The lowest BCUT2D eigenvalue weighted by Crippen LogP contribution is -2.34. The highest BCUT2D eigenvalue weighted by Crippen LogP contribution is 2.10. The van der Waals surface area contributed by atoms with E-state index in [0.717, 1.165) is 41.7 Å². The highest BCUT2D eigenvalue weighted by atomic mass is 127. The number of hydrogen-bond donors (Lipinski definition) is 1. The number of carbonyl (C=O) groups is 1. The summed E-state index contributed by atoms with van der Waals surface area (Å²) >= 11 is 2.25. The first-order valence-electron chi connectivity index (χ1n) is 5.53. The van der Waals surface area contributed by atoms with Crippen molar-refractivity contribution >= 4 is 28.5 Å². The molecule has 1 aliphatic rings.